The van der Waals surface area contributed by atoms with Gasteiger partial charge in [0.1, 0.15) is 5.69 Å². The zero-order chi connectivity index (χ0) is 15.6. The van der Waals surface area contributed by atoms with Crippen molar-refractivity contribution in [3.63, 3.8) is 0 Å². The molecule has 21 heavy (non-hydrogen) atoms. The van der Waals surface area contributed by atoms with E-state index in [4.69, 9.17) is 0 Å². The van der Waals surface area contributed by atoms with Gasteiger partial charge in [0.25, 0.3) is 5.91 Å². The molecule has 1 fully saturated rings. The molecule has 0 aliphatic carbocycles. The number of hydrogen-bond acceptors (Lipinski definition) is 2. The molecule has 1 aliphatic heterocycles. The summed E-state index contributed by atoms with van der Waals surface area (Å²) in [7, 11) is 0. The third-order valence-electron chi connectivity index (χ3n) is 4.38. The Balaban J connectivity index is 2.32. The summed E-state index contributed by atoms with van der Waals surface area (Å²) in [5.41, 5.74) is 1.86. The van der Waals surface area contributed by atoms with Gasteiger partial charge in [0.05, 0.1) is 5.56 Å². The molecule has 1 aliphatic rings. The summed E-state index contributed by atoms with van der Waals surface area (Å²) in [6.07, 6.45) is 5.31. The molecule has 2 rings (SSSR count). The predicted octanol–water partition coefficient (Wildman–Crippen LogP) is 3.12. The van der Waals surface area contributed by atoms with Crippen molar-refractivity contribution in [3.05, 3.63) is 22.5 Å². The highest BCUT2D eigenvalue weighted by Crippen LogP contribution is 2.26. The number of H-pyrrole nitrogens is 1. The SMILES string of the molecule is CCCC1CCCCN1C(=O)c1c(C)[nH]c(C(=O)O)c1C. The summed E-state index contributed by atoms with van der Waals surface area (Å²) >= 11 is 0. The molecule has 1 atom stereocenters. The summed E-state index contributed by atoms with van der Waals surface area (Å²) in [5.74, 6) is -1.04. The second-order valence-electron chi connectivity index (χ2n) is 5.87. The van der Waals surface area contributed by atoms with Crippen LogP contribution >= 0.6 is 0 Å². The van der Waals surface area contributed by atoms with Gasteiger partial charge in [0.2, 0.25) is 0 Å². The van der Waals surface area contributed by atoms with Crippen molar-refractivity contribution >= 4 is 11.9 Å². The number of hydrogen-bond donors (Lipinski definition) is 2. The summed E-state index contributed by atoms with van der Waals surface area (Å²) in [4.78, 5) is 28.9. The third-order valence-corrected chi connectivity index (χ3v) is 4.38. The maximum atomic E-state index is 12.9. The average Bonchev–Trinajstić information content (AvgIpc) is 2.74. The Labute approximate surface area is 125 Å². The van der Waals surface area contributed by atoms with Crippen molar-refractivity contribution in [1.82, 2.24) is 9.88 Å². The first-order chi connectivity index (χ1) is 9.97. The zero-order valence-corrected chi connectivity index (χ0v) is 13.0. The monoisotopic (exact) mass is 292 g/mol. The number of carbonyl (C=O) groups is 2. The van der Waals surface area contributed by atoms with Gasteiger partial charge in [-0.05, 0) is 45.1 Å². The van der Waals surface area contributed by atoms with Crippen molar-refractivity contribution in [3.8, 4) is 0 Å². The molecule has 2 N–H and O–H groups in total. The molecule has 5 heteroatoms. The van der Waals surface area contributed by atoms with E-state index < -0.39 is 5.97 Å². The first kappa shape index (κ1) is 15.6. The van der Waals surface area contributed by atoms with Crippen LogP contribution in [0.3, 0.4) is 0 Å². The van der Waals surface area contributed by atoms with E-state index >= 15 is 0 Å². The van der Waals surface area contributed by atoms with Crippen LogP contribution in [0.2, 0.25) is 0 Å². The zero-order valence-electron chi connectivity index (χ0n) is 13.0. The number of carbonyl (C=O) groups excluding carboxylic acids is 1. The summed E-state index contributed by atoms with van der Waals surface area (Å²) in [5, 5.41) is 9.18. The molecule has 1 unspecified atom stereocenters. The minimum absolute atomic E-state index is 0.0214. The number of aromatic carboxylic acids is 1. The molecular weight excluding hydrogens is 268 g/mol. The molecule has 1 saturated heterocycles. The van der Waals surface area contributed by atoms with E-state index in [0.717, 1.165) is 32.2 Å². The number of nitrogens with one attached hydrogen (secondary N) is 1. The Morgan fingerprint density at radius 2 is 2.05 bits per heavy atom. The van der Waals surface area contributed by atoms with Gasteiger partial charge < -0.3 is 15.0 Å². The Kier molecular flexibility index (Phi) is 4.70. The smallest absolute Gasteiger partial charge is 0.352 e. The Hall–Kier alpha value is -1.78. The lowest BCUT2D eigenvalue weighted by Gasteiger charge is -2.36. The fourth-order valence-corrected chi connectivity index (χ4v) is 3.33. The molecule has 0 aromatic carbocycles. The van der Waals surface area contributed by atoms with Crippen molar-refractivity contribution in [2.45, 2.75) is 58.9 Å². The van der Waals surface area contributed by atoms with Gasteiger partial charge in [0.15, 0.2) is 0 Å². The van der Waals surface area contributed by atoms with E-state index in [1.54, 1.807) is 13.8 Å². The normalized spacial score (nSPS) is 18.8. The largest absolute Gasteiger partial charge is 0.477 e. The van der Waals surface area contributed by atoms with Crippen LogP contribution in [-0.4, -0.2) is 39.5 Å². The van der Waals surface area contributed by atoms with Gasteiger partial charge in [-0.15, -0.1) is 0 Å². The lowest BCUT2D eigenvalue weighted by molar-refractivity contribution is 0.0599. The summed E-state index contributed by atoms with van der Waals surface area (Å²) < 4.78 is 0. The van der Waals surface area contributed by atoms with Gasteiger partial charge in [-0.3, -0.25) is 4.79 Å². The molecular formula is C16H24N2O3. The summed E-state index contributed by atoms with van der Waals surface area (Å²) in [6.45, 7) is 6.38. The fraction of sp³-hybridized carbons (Fsp3) is 0.625. The highest BCUT2D eigenvalue weighted by molar-refractivity contribution is 6.01. The third kappa shape index (κ3) is 2.96. The maximum absolute atomic E-state index is 12.9. The second kappa shape index (κ2) is 6.33. The van der Waals surface area contributed by atoms with E-state index in [0.29, 0.717) is 22.9 Å². The minimum atomic E-state index is -1.02. The van der Waals surface area contributed by atoms with Gasteiger partial charge in [-0.25, -0.2) is 4.79 Å². The van der Waals surface area contributed by atoms with E-state index in [9.17, 15) is 14.7 Å². The maximum Gasteiger partial charge on any atom is 0.352 e. The van der Waals surface area contributed by atoms with Crippen molar-refractivity contribution < 1.29 is 14.7 Å². The van der Waals surface area contributed by atoms with Gasteiger partial charge in [0, 0.05) is 18.3 Å². The standard InChI is InChI=1S/C16H24N2O3/c1-4-7-12-8-5-6-9-18(12)15(19)13-10(2)14(16(20)21)17-11(13)3/h12,17H,4-9H2,1-3H3,(H,20,21). The molecule has 0 spiro atoms. The molecule has 1 amide bonds. The van der Waals surface area contributed by atoms with Gasteiger partial charge >= 0.3 is 5.97 Å². The van der Waals surface area contributed by atoms with Crippen molar-refractivity contribution in [2.75, 3.05) is 6.54 Å². The molecule has 2 heterocycles. The molecule has 0 bridgehead atoms. The number of carboxylic acid groups (broad SMARTS) is 1. The van der Waals surface area contributed by atoms with Crippen LogP contribution in [0.5, 0.6) is 0 Å². The number of amides is 1. The van der Waals surface area contributed by atoms with Crippen LogP contribution in [0.25, 0.3) is 0 Å². The Morgan fingerprint density at radius 3 is 2.62 bits per heavy atom. The number of carboxylic acids is 1. The van der Waals surface area contributed by atoms with Crippen LogP contribution in [0.15, 0.2) is 0 Å². The fourth-order valence-electron chi connectivity index (χ4n) is 3.33. The van der Waals surface area contributed by atoms with E-state index in [2.05, 4.69) is 11.9 Å². The number of aromatic amines is 1. The van der Waals surface area contributed by atoms with Crippen molar-refractivity contribution in [2.24, 2.45) is 0 Å². The number of rotatable bonds is 4. The number of piperidine rings is 1. The number of aromatic nitrogens is 1. The Morgan fingerprint density at radius 1 is 1.33 bits per heavy atom. The lowest BCUT2D eigenvalue weighted by atomic mass is 9.96. The van der Waals surface area contributed by atoms with E-state index in [1.807, 2.05) is 4.90 Å². The van der Waals surface area contributed by atoms with Gasteiger partial charge in [-0.1, -0.05) is 13.3 Å². The highest BCUT2D eigenvalue weighted by atomic mass is 16.4. The second-order valence-corrected chi connectivity index (χ2v) is 5.87. The number of nitrogens with zero attached hydrogens (tertiary/aromatic N) is 1. The average molecular weight is 292 g/mol. The van der Waals surface area contributed by atoms with Crippen molar-refractivity contribution in [1.29, 1.82) is 0 Å². The number of aryl methyl sites for hydroxylation is 1. The first-order valence-electron chi connectivity index (χ1n) is 7.70. The number of likely N-dealkylation sites (tertiary alicyclic amines) is 1. The lowest BCUT2D eigenvalue weighted by Crippen LogP contribution is -2.44. The molecule has 1 aromatic heterocycles. The molecule has 0 saturated carbocycles. The van der Waals surface area contributed by atoms with Gasteiger partial charge in [-0.2, -0.15) is 0 Å². The molecule has 1 aromatic rings. The van der Waals surface area contributed by atoms with Crippen LogP contribution in [-0.2, 0) is 0 Å². The summed E-state index contributed by atoms with van der Waals surface area (Å²) in [6, 6.07) is 0.290. The van der Waals surface area contributed by atoms with Crippen LogP contribution in [0.4, 0.5) is 0 Å². The van der Waals surface area contributed by atoms with Crippen LogP contribution in [0.1, 0.15) is 71.1 Å². The molecule has 116 valence electrons. The first-order valence-corrected chi connectivity index (χ1v) is 7.70. The topological polar surface area (TPSA) is 73.4 Å². The predicted molar refractivity (Wildman–Crippen MR) is 80.8 cm³/mol. The molecule has 5 nitrogen and oxygen atoms in total. The van der Waals surface area contributed by atoms with E-state index in [1.165, 1.54) is 6.42 Å². The van der Waals surface area contributed by atoms with E-state index in [-0.39, 0.29) is 11.6 Å². The Bertz CT molecular complexity index is 546. The van der Waals surface area contributed by atoms with Crippen LogP contribution in [0, 0.1) is 13.8 Å². The molecule has 0 radical (unpaired) electrons. The highest BCUT2D eigenvalue weighted by Gasteiger charge is 2.30. The minimum Gasteiger partial charge on any atom is -0.477 e. The van der Waals surface area contributed by atoms with Crippen LogP contribution < -0.4 is 0 Å². The quantitative estimate of drug-likeness (QED) is 0.895.